The topological polar surface area (TPSA) is 130 Å². The number of aromatic nitrogens is 3. The second kappa shape index (κ2) is 11.4. The van der Waals surface area contributed by atoms with Crippen molar-refractivity contribution >= 4 is 17.8 Å². The second-order valence-corrected chi connectivity index (χ2v) is 7.54. The molecule has 11 heteroatoms. The number of carbonyl (C=O) groups excluding carboxylic acids is 3. The van der Waals surface area contributed by atoms with Crippen molar-refractivity contribution in [1.82, 2.24) is 36.2 Å². The minimum Gasteiger partial charge on any atom is -0.334 e. The molecule has 1 heterocycles. The zero-order valence-corrected chi connectivity index (χ0v) is 18.9. The van der Waals surface area contributed by atoms with Crippen LogP contribution in [0.4, 0.5) is 9.18 Å². The van der Waals surface area contributed by atoms with Crippen molar-refractivity contribution in [1.29, 1.82) is 0 Å². The van der Waals surface area contributed by atoms with Gasteiger partial charge in [0.15, 0.2) is 5.82 Å². The van der Waals surface area contributed by atoms with Gasteiger partial charge in [0.1, 0.15) is 12.4 Å². The Bertz CT molecular complexity index is 1290. The standard InChI is InChI=1S/C25H22FN7O3/c26-19-13-11-17(12-14-19)15-27-25(36)28-16-21(34)30-31-24(35)22-29-23(18-7-3-1-4-8-18)33(32-22)20-9-5-2-6-10-20/h1-14H,15-16H2,(H,30,34)(H,31,35)(H2,27,28,36). The predicted molar refractivity (Wildman–Crippen MR) is 129 cm³/mol. The van der Waals surface area contributed by atoms with Crippen molar-refractivity contribution in [3.63, 3.8) is 0 Å². The minimum atomic E-state index is -0.726. The summed E-state index contributed by atoms with van der Waals surface area (Å²) in [6, 6.07) is 23.5. The number of hydrogen-bond donors (Lipinski definition) is 4. The number of halogens is 1. The first-order valence-electron chi connectivity index (χ1n) is 10.9. The maximum absolute atomic E-state index is 12.9. The van der Waals surface area contributed by atoms with Crippen LogP contribution in [0, 0.1) is 5.82 Å². The SMILES string of the molecule is O=C(CNC(=O)NCc1ccc(F)cc1)NNC(=O)c1nc(-c2ccccc2)n(-c2ccccc2)n1. The highest BCUT2D eigenvalue weighted by Crippen LogP contribution is 2.20. The van der Waals surface area contributed by atoms with Crippen molar-refractivity contribution in [3.8, 4) is 17.1 Å². The molecule has 0 aliphatic heterocycles. The van der Waals surface area contributed by atoms with E-state index >= 15 is 0 Å². The Balaban J connectivity index is 1.32. The molecule has 0 aliphatic carbocycles. The van der Waals surface area contributed by atoms with E-state index in [0.29, 0.717) is 17.1 Å². The Morgan fingerprint density at radius 3 is 2.17 bits per heavy atom. The van der Waals surface area contributed by atoms with E-state index < -0.39 is 24.4 Å². The van der Waals surface area contributed by atoms with Crippen molar-refractivity contribution in [2.24, 2.45) is 0 Å². The number of rotatable bonds is 7. The minimum absolute atomic E-state index is 0.150. The zero-order chi connectivity index (χ0) is 25.3. The summed E-state index contributed by atoms with van der Waals surface area (Å²) >= 11 is 0. The maximum atomic E-state index is 12.9. The highest BCUT2D eigenvalue weighted by atomic mass is 19.1. The first-order chi connectivity index (χ1) is 17.5. The van der Waals surface area contributed by atoms with Gasteiger partial charge >= 0.3 is 11.9 Å². The molecule has 10 nitrogen and oxygen atoms in total. The van der Waals surface area contributed by atoms with E-state index in [1.54, 1.807) is 4.68 Å². The Morgan fingerprint density at radius 2 is 1.47 bits per heavy atom. The molecule has 0 unspecified atom stereocenters. The Hall–Kier alpha value is -5.06. The molecule has 0 saturated heterocycles. The number of benzene rings is 3. The number of urea groups is 1. The molecule has 3 aromatic carbocycles. The fraction of sp³-hybridized carbons (Fsp3) is 0.0800. The number of hydrazine groups is 1. The molecule has 0 radical (unpaired) electrons. The monoisotopic (exact) mass is 487 g/mol. The number of nitrogens with one attached hydrogen (secondary N) is 4. The molecular weight excluding hydrogens is 465 g/mol. The first-order valence-corrected chi connectivity index (χ1v) is 10.9. The smallest absolute Gasteiger partial charge is 0.315 e. The number of nitrogens with zero attached hydrogens (tertiary/aromatic N) is 3. The summed E-state index contributed by atoms with van der Waals surface area (Å²) in [4.78, 5) is 40.9. The van der Waals surface area contributed by atoms with Crippen LogP contribution in [0.15, 0.2) is 84.9 Å². The summed E-state index contributed by atoms with van der Waals surface area (Å²) in [6.07, 6.45) is 0. The average Bonchev–Trinajstić information content (AvgIpc) is 3.37. The highest BCUT2D eigenvalue weighted by molar-refractivity contribution is 5.93. The average molecular weight is 487 g/mol. The van der Waals surface area contributed by atoms with E-state index in [-0.39, 0.29) is 18.2 Å². The van der Waals surface area contributed by atoms with Gasteiger partial charge in [-0.15, -0.1) is 5.10 Å². The molecule has 0 aliphatic rings. The molecule has 4 aromatic rings. The van der Waals surface area contributed by atoms with E-state index in [4.69, 9.17) is 0 Å². The van der Waals surface area contributed by atoms with Crippen LogP contribution in [0.2, 0.25) is 0 Å². The largest absolute Gasteiger partial charge is 0.334 e. The quantitative estimate of drug-likeness (QED) is 0.297. The van der Waals surface area contributed by atoms with Gasteiger partial charge in [-0.2, -0.15) is 0 Å². The van der Waals surface area contributed by atoms with Crippen LogP contribution in [0.1, 0.15) is 16.2 Å². The fourth-order valence-corrected chi connectivity index (χ4v) is 3.17. The summed E-state index contributed by atoms with van der Waals surface area (Å²) in [5.74, 6) is -1.46. The third-order valence-corrected chi connectivity index (χ3v) is 4.93. The van der Waals surface area contributed by atoms with Gasteiger partial charge in [0.25, 0.3) is 5.91 Å². The van der Waals surface area contributed by atoms with Gasteiger partial charge in [-0.05, 0) is 29.8 Å². The molecule has 4 N–H and O–H groups in total. The van der Waals surface area contributed by atoms with Gasteiger partial charge in [0.05, 0.1) is 5.69 Å². The lowest BCUT2D eigenvalue weighted by Gasteiger charge is -2.08. The summed E-state index contributed by atoms with van der Waals surface area (Å²) in [7, 11) is 0. The van der Waals surface area contributed by atoms with Gasteiger partial charge in [-0.3, -0.25) is 20.4 Å². The van der Waals surface area contributed by atoms with Crippen LogP contribution >= 0.6 is 0 Å². The maximum Gasteiger partial charge on any atom is 0.315 e. The zero-order valence-electron chi connectivity index (χ0n) is 18.9. The van der Waals surface area contributed by atoms with Crippen molar-refractivity contribution < 1.29 is 18.8 Å². The molecule has 36 heavy (non-hydrogen) atoms. The summed E-state index contributed by atoms with van der Waals surface area (Å²) in [5, 5.41) is 9.21. The van der Waals surface area contributed by atoms with Crippen molar-refractivity contribution in [2.75, 3.05) is 6.54 Å². The fourth-order valence-electron chi connectivity index (χ4n) is 3.17. The molecule has 0 spiro atoms. The molecule has 4 amide bonds. The van der Waals surface area contributed by atoms with Crippen LogP contribution < -0.4 is 21.5 Å². The molecule has 0 fully saturated rings. The lowest BCUT2D eigenvalue weighted by molar-refractivity contribution is -0.120. The number of amides is 4. The van der Waals surface area contributed by atoms with Crippen LogP contribution in [0.5, 0.6) is 0 Å². The van der Waals surface area contributed by atoms with Gasteiger partial charge in [0.2, 0.25) is 5.82 Å². The van der Waals surface area contributed by atoms with E-state index in [2.05, 4.69) is 31.6 Å². The van der Waals surface area contributed by atoms with E-state index in [9.17, 15) is 18.8 Å². The van der Waals surface area contributed by atoms with Gasteiger partial charge in [-0.1, -0.05) is 60.7 Å². The Morgan fingerprint density at radius 1 is 0.806 bits per heavy atom. The molecule has 1 aromatic heterocycles. The van der Waals surface area contributed by atoms with Crippen LogP contribution in [-0.4, -0.2) is 39.2 Å². The van der Waals surface area contributed by atoms with E-state index in [1.807, 2.05) is 60.7 Å². The number of hydrogen-bond acceptors (Lipinski definition) is 5. The third-order valence-electron chi connectivity index (χ3n) is 4.93. The molecule has 0 saturated carbocycles. The summed E-state index contributed by atoms with van der Waals surface area (Å²) in [6.45, 7) is -0.235. The first kappa shape index (κ1) is 24.1. The van der Waals surface area contributed by atoms with Crippen LogP contribution in [-0.2, 0) is 11.3 Å². The van der Waals surface area contributed by atoms with E-state index in [0.717, 1.165) is 5.56 Å². The van der Waals surface area contributed by atoms with Crippen LogP contribution in [0.3, 0.4) is 0 Å². The summed E-state index contributed by atoms with van der Waals surface area (Å²) in [5.41, 5.74) is 6.62. The molecule has 4 rings (SSSR count). The Labute approximate surface area is 205 Å². The third kappa shape index (κ3) is 6.29. The molecule has 0 atom stereocenters. The van der Waals surface area contributed by atoms with E-state index in [1.165, 1.54) is 24.3 Å². The van der Waals surface area contributed by atoms with Gasteiger partial charge < -0.3 is 10.6 Å². The molecule has 182 valence electrons. The van der Waals surface area contributed by atoms with Gasteiger partial charge in [-0.25, -0.2) is 18.9 Å². The molecular formula is C25H22FN7O3. The lowest BCUT2D eigenvalue weighted by atomic mass is 10.2. The molecule has 0 bridgehead atoms. The predicted octanol–water partition coefficient (Wildman–Crippen LogP) is 2.33. The second-order valence-electron chi connectivity index (χ2n) is 7.54. The van der Waals surface area contributed by atoms with Crippen molar-refractivity contribution in [2.45, 2.75) is 6.54 Å². The van der Waals surface area contributed by atoms with Crippen molar-refractivity contribution in [3.05, 3.63) is 102 Å². The lowest BCUT2D eigenvalue weighted by Crippen LogP contribution is -2.48. The normalized spacial score (nSPS) is 10.4. The van der Waals surface area contributed by atoms with Crippen LogP contribution in [0.25, 0.3) is 17.1 Å². The van der Waals surface area contributed by atoms with Gasteiger partial charge in [0, 0.05) is 12.1 Å². The highest BCUT2D eigenvalue weighted by Gasteiger charge is 2.19. The number of carbonyl (C=O) groups is 3. The number of para-hydroxylation sites is 1. The Kier molecular flexibility index (Phi) is 7.61. The summed E-state index contributed by atoms with van der Waals surface area (Å²) < 4.78 is 14.5.